The molecule has 6 nitrogen and oxygen atoms in total. The Morgan fingerprint density at radius 3 is 3.00 bits per heavy atom. The number of aromatic nitrogens is 3. The monoisotopic (exact) mass is 311 g/mol. The van der Waals surface area contributed by atoms with Crippen molar-refractivity contribution in [1.29, 1.82) is 0 Å². The number of hydrogen-bond donors (Lipinski definition) is 2. The highest BCUT2D eigenvalue weighted by Crippen LogP contribution is 2.44. The summed E-state index contributed by atoms with van der Waals surface area (Å²) in [4.78, 5) is 16.4. The van der Waals surface area contributed by atoms with Crippen molar-refractivity contribution in [3.63, 3.8) is 0 Å². The van der Waals surface area contributed by atoms with Crippen LogP contribution in [0, 0.1) is 11.8 Å². The van der Waals surface area contributed by atoms with E-state index in [2.05, 4.69) is 20.7 Å². The third kappa shape index (κ3) is 3.06. The summed E-state index contributed by atoms with van der Waals surface area (Å²) < 4.78 is 1.71. The molecule has 23 heavy (non-hydrogen) atoms. The van der Waals surface area contributed by atoms with Crippen molar-refractivity contribution in [2.24, 2.45) is 11.8 Å². The second-order valence-corrected chi connectivity index (χ2v) is 6.58. The quantitative estimate of drug-likeness (QED) is 0.909. The van der Waals surface area contributed by atoms with Crippen LogP contribution in [0.2, 0.25) is 0 Å². The van der Waals surface area contributed by atoms with Crippen LogP contribution in [0.4, 0.5) is 4.79 Å². The van der Waals surface area contributed by atoms with Crippen LogP contribution in [-0.4, -0.2) is 26.8 Å². The largest absolute Gasteiger partial charge is 0.335 e. The first kappa shape index (κ1) is 14.2. The van der Waals surface area contributed by atoms with Gasteiger partial charge in [-0.1, -0.05) is 6.42 Å². The molecule has 0 radical (unpaired) electrons. The van der Waals surface area contributed by atoms with Crippen molar-refractivity contribution in [3.05, 3.63) is 42.4 Å². The Kier molecular flexibility index (Phi) is 3.73. The smallest absolute Gasteiger partial charge is 0.315 e. The molecule has 2 aliphatic carbocycles. The van der Waals surface area contributed by atoms with Gasteiger partial charge in [0, 0.05) is 31.2 Å². The number of pyridine rings is 1. The van der Waals surface area contributed by atoms with Crippen molar-refractivity contribution in [3.8, 4) is 5.82 Å². The molecule has 3 atom stereocenters. The van der Waals surface area contributed by atoms with E-state index < -0.39 is 0 Å². The van der Waals surface area contributed by atoms with Crippen LogP contribution in [0.3, 0.4) is 0 Å². The Morgan fingerprint density at radius 2 is 2.26 bits per heavy atom. The van der Waals surface area contributed by atoms with Gasteiger partial charge in [0.2, 0.25) is 0 Å². The molecule has 2 aliphatic rings. The van der Waals surface area contributed by atoms with E-state index in [0.29, 0.717) is 18.5 Å². The molecule has 6 heteroatoms. The zero-order chi connectivity index (χ0) is 15.6. The summed E-state index contributed by atoms with van der Waals surface area (Å²) in [6.07, 6.45) is 10.4. The number of amides is 2. The predicted octanol–water partition coefficient (Wildman–Crippen LogP) is 2.26. The van der Waals surface area contributed by atoms with Crippen LogP contribution < -0.4 is 10.6 Å². The average Bonchev–Trinajstić information content (AvgIpc) is 3.30. The van der Waals surface area contributed by atoms with E-state index in [1.165, 1.54) is 19.3 Å². The van der Waals surface area contributed by atoms with Crippen molar-refractivity contribution in [1.82, 2.24) is 25.4 Å². The van der Waals surface area contributed by atoms with Crippen molar-refractivity contribution in [2.45, 2.75) is 38.3 Å². The highest BCUT2D eigenvalue weighted by atomic mass is 16.2. The molecule has 2 saturated carbocycles. The topological polar surface area (TPSA) is 71.8 Å². The molecule has 2 bridgehead atoms. The Hall–Kier alpha value is -2.37. The van der Waals surface area contributed by atoms with Crippen molar-refractivity contribution >= 4 is 6.03 Å². The predicted molar refractivity (Wildman–Crippen MR) is 86.0 cm³/mol. The molecule has 0 unspecified atom stereocenters. The molecule has 2 aromatic rings. The van der Waals surface area contributed by atoms with E-state index in [1.807, 2.05) is 24.4 Å². The van der Waals surface area contributed by atoms with Crippen LogP contribution in [0.1, 0.15) is 31.2 Å². The number of carbonyl (C=O) groups is 1. The number of fused-ring (bicyclic) bond motifs is 2. The van der Waals surface area contributed by atoms with E-state index >= 15 is 0 Å². The lowest BCUT2D eigenvalue weighted by Crippen LogP contribution is -2.44. The fourth-order valence-corrected chi connectivity index (χ4v) is 3.92. The maximum atomic E-state index is 12.1. The second kappa shape index (κ2) is 6.02. The molecule has 0 saturated heterocycles. The number of nitrogens with zero attached hydrogens (tertiary/aromatic N) is 3. The molecule has 0 aliphatic heterocycles. The lowest BCUT2D eigenvalue weighted by molar-refractivity contribution is 0.230. The van der Waals surface area contributed by atoms with Gasteiger partial charge in [-0.15, -0.1) is 0 Å². The summed E-state index contributed by atoms with van der Waals surface area (Å²) in [6.45, 7) is 0.490. The first-order chi connectivity index (χ1) is 11.3. The van der Waals surface area contributed by atoms with Gasteiger partial charge in [-0.2, -0.15) is 5.10 Å². The Bertz CT molecular complexity index is 684. The minimum Gasteiger partial charge on any atom is -0.335 e. The molecule has 2 heterocycles. The van der Waals surface area contributed by atoms with E-state index in [4.69, 9.17) is 0 Å². The van der Waals surface area contributed by atoms with Gasteiger partial charge < -0.3 is 10.6 Å². The SMILES string of the molecule is O=C(NCc1ccnc(-n2cccn2)c1)N[C@@H]1C[C@H]2CC[C@@H]1C2. The maximum Gasteiger partial charge on any atom is 0.315 e. The summed E-state index contributed by atoms with van der Waals surface area (Å²) >= 11 is 0. The summed E-state index contributed by atoms with van der Waals surface area (Å²) in [5.41, 5.74) is 1.01. The molecule has 120 valence electrons. The number of rotatable bonds is 4. The third-order valence-electron chi connectivity index (χ3n) is 5.06. The minimum atomic E-state index is -0.0694. The lowest BCUT2D eigenvalue weighted by Gasteiger charge is -2.23. The molecule has 2 aromatic heterocycles. The summed E-state index contributed by atoms with van der Waals surface area (Å²) in [6, 6.07) is 6.00. The van der Waals surface area contributed by atoms with E-state index in [9.17, 15) is 4.79 Å². The van der Waals surface area contributed by atoms with Gasteiger partial charge >= 0.3 is 6.03 Å². The molecule has 4 rings (SSSR count). The molecule has 2 N–H and O–H groups in total. The summed E-state index contributed by atoms with van der Waals surface area (Å²) in [5.74, 6) is 2.28. The van der Waals surface area contributed by atoms with Crippen molar-refractivity contribution < 1.29 is 4.79 Å². The van der Waals surface area contributed by atoms with Gasteiger partial charge in [0.05, 0.1) is 0 Å². The highest BCUT2D eigenvalue weighted by molar-refractivity contribution is 5.74. The lowest BCUT2D eigenvalue weighted by atomic mass is 9.95. The highest BCUT2D eigenvalue weighted by Gasteiger charge is 2.40. The fourth-order valence-electron chi connectivity index (χ4n) is 3.92. The molecule has 0 aromatic carbocycles. The Balaban J connectivity index is 1.32. The fraction of sp³-hybridized carbons (Fsp3) is 0.471. The minimum absolute atomic E-state index is 0.0694. The molecule has 2 amide bonds. The maximum absolute atomic E-state index is 12.1. The van der Waals surface area contributed by atoms with Gasteiger partial charge in [0.1, 0.15) is 0 Å². The van der Waals surface area contributed by atoms with Gasteiger partial charge in [0.15, 0.2) is 5.82 Å². The van der Waals surface area contributed by atoms with E-state index in [-0.39, 0.29) is 6.03 Å². The third-order valence-corrected chi connectivity index (χ3v) is 5.06. The Morgan fingerprint density at radius 1 is 1.30 bits per heavy atom. The standard InChI is InChI=1S/C17H21N5O/c23-17(21-15-9-12-2-3-14(15)8-12)19-11-13-4-6-18-16(10-13)22-7-1-5-20-22/h1,4-7,10,12,14-15H,2-3,8-9,11H2,(H2,19,21,23)/t12-,14+,15+/m0/s1. The van der Waals surface area contributed by atoms with Gasteiger partial charge in [-0.05, 0) is 54.9 Å². The number of carbonyl (C=O) groups excluding carboxylic acids is 1. The van der Waals surface area contributed by atoms with Gasteiger partial charge in [-0.25, -0.2) is 14.5 Å². The number of hydrogen-bond acceptors (Lipinski definition) is 3. The normalized spacial score (nSPS) is 25.5. The van der Waals surface area contributed by atoms with Gasteiger partial charge in [0.25, 0.3) is 0 Å². The number of urea groups is 1. The molecule has 0 spiro atoms. The van der Waals surface area contributed by atoms with Crippen LogP contribution >= 0.6 is 0 Å². The second-order valence-electron chi connectivity index (χ2n) is 6.58. The first-order valence-electron chi connectivity index (χ1n) is 8.27. The molecular weight excluding hydrogens is 290 g/mol. The van der Waals surface area contributed by atoms with Gasteiger partial charge in [-0.3, -0.25) is 0 Å². The molecule has 2 fully saturated rings. The van der Waals surface area contributed by atoms with Crippen LogP contribution in [0.5, 0.6) is 0 Å². The zero-order valence-electron chi connectivity index (χ0n) is 13.0. The zero-order valence-corrected chi connectivity index (χ0v) is 13.0. The first-order valence-corrected chi connectivity index (χ1v) is 8.27. The number of nitrogens with one attached hydrogen (secondary N) is 2. The van der Waals surface area contributed by atoms with Crippen molar-refractivity contribution in [2.75, 3.05) is 0 Å². The van der Waals surface area contributed by atoms with Crippen LogP contribution in [0.15, 0.2) is 36.8 Å². The van der Waals surface area contributed by atoms with Crippen LogP contribution in [-0.2, 0) is 6.54 Å². The summed E-state index contributed by atoms with van der Waals surface area (Å²) in [7, 11) is 0. The van der Waals surface area contributed by atoms with Crippen LogP contribution in [0.25, 0.3) is 5.82 Å². The molecular formula is C17H21N5O. The van der Waals surface area contributed by atoms with E-state index in [1.54, 1.807) is 17.1 Å². The summed E-state index contributed by atoms with van der Waals surface area (Å²) in [5, 5.41) is 10.3. The average molecular weight is 311 g/mol. The van der Waals surface area contributed by atoms with E-state index in [0.717, 1.165) is 23.7 Å². The Labute approximate surface area is 135 Å².